The van der Waals surface area contributed by atoms with Crippen LogP contribution in [0.1, 0.15) is 11.4 Å². The minimum Gasteiger partial charge on any atom is -0.349 e. The molecule has 7 heteroatoms. The molecule has 1 aromatic carbocycles. The van der Waals surface area contributed by atoms with Crippen LogP contribution in [0.15, 0.2) is 36.7 Å². The third-order valence-electron chi connectivity index (χ3n) is 3.60. The first-order valence-corrected chi connectivity index (χ1v) is 7.71. The highest BCUT2D eigenvalue weighted by Gasteiger charge is 2.09. The van der Waals surface area contributed by atoms with E-state index in [1.54, 1.807) is 6.33 Å². The lowest BCUT2D eigenvalue weighted by atomic mass is 10.3. The van der Waals surface area contributed by atoms with Gasteiger partial charge in [-0.05, 0) is 25.1 Å². The number of amides is 1. The van der Waals surface area contributed by atoms with Crippen LogP contribution < -0.4 is 10.2 Å². The van der Waals surface area contributed by atoms with Crippen LogP contribution in [0.25, 0.3) is 11.0 Å². The number of nitrogens with zero attached hydrogens (tertiary/aromatic N) is 5. The number of para-hydroxylation sites is 2. The van der Waals surface area contributed by atoms with Gasteiger partial charge in [0, 0.05) is 19.8 Å². The summed E-state index contributed by atoms with van der Waals surface area (Å²) in [6.07, 6.45) is 1.68. The molecule has 1 N–H and O–H groups in total. The Hall–Kier alpha value is -2.96. The maximum atomic E-state index is 12.2. The first-order chi connectivity index (χ1) is 11.5. The Morgan fingerprint density at radius 2 is 2.04 bits per heavy atom. The summed E-state index contributed by atoms with van der Waals surface area (Å²) >= 11 is 0. The fraction of sp³-hybridized carbons (Fsp3) is 0.294. The van der Waals surface area contributed by atoms with Gasteiger partial charge in [0.2, 0.25) is 11.9 Å². The second-order valence-electron chi connectivity index (χ2n) is 5.83. The molecular formula is C17H20N6O. The van der Waals surface area contributed by atoms with Gasteiger partial charge < -0.3 is 14.8 Å². The summed E-state index contributed by atoms with van der Waals surface area (Å²) in [7, 11) is 3.78. The highest BCUT2D eigenvalue weighted by molar-refractivity contribution is 5.80. The second kappa shape index (κ2) is 6.66. The summed E-state index contributed by atoms with van der Waals surface area (Å²) in [4.78, 5) is 27.1. The Balaban J connectivity index is 1.66. The molecule has 0 saturated heterocycles. The Kier molecular flexibility index (Phi) is 4.41. The number of benzene rings is 1. The standard InChI is InChI=1S/C17H20N6O/c1-12-8-13(21-17(20-12)22(2)3)9-18-16(24)10-23-11-19-14-6-4-5-7-15(14)23/h4-8,11H,9-10H2,1-3H3,(H,18,24). The van der Waals surface area contributed by atoms with Crippen LogP contribution in [0.2, 0.25) is 0 Å². The van der Waals surface area contributed by atoms with Gasteiger partial charge in [0.05, 0.1) is 29.6 Å². The maximum Gasteiger partial charge on any atom is 0.240 e. The molecule has 2 aromatic heterocycles. The van der Waals surface area contributed by atoms with Gasteiger partial charge in [-0.2, -0.15) is 0 Å². The van der Waals surface area contributed by atoms with Crippen molar-refractivity contribution in [2.75, 3.05) is 19.0 Å². The summed E-state index contributed by atoms with van der Waals surface area (Å²) in [5, 5.41) is 2.90. The third kappa shape index (κ3) is 3.51. The molecule has 7 nitrogen and oxygen atoms in total. The Labute approximate surface area is 140 Å². The molecule has 0 aliphatic rings. The number of aryl methyl sites for hydroxylation is 1. The van der Waals surface area contributed by atoms with Crippen LogP contribution >= 0.6 is 0 Å². The summed E-state index contributed by atoms with van der Waals surface area (Å²) < 4.78 is 1.83. The van der Waals surface area contributed by atoms with Crippen molar-refractivity contribution in [3.8, 4) is 0 Å². The van der Waals surface area contributed by atoms with E-state index in [2.05, 4.69) is 20.3 Å². The normalized spacial score (nSPS) is 10.8. The quantitative estimate of drug-likeness (QED) is 0.770. The second-order valence-corrected chi connectivity index (χ2v) is 5.83. The van der Waals surface area contributed by atoms with E-state index in [-0.39, 0.29) is 12.5 Å². The van der Waals surface area contributed by atoms with Gasteiger partial charge in [-0.1, -0.05) is 12.1 Å². The van der Waals surface area contributed by atoms with Gasteiger partial charge in [0.1, 0.15) is 6.54 Å². The molecule has 1 amide bonds. The van der Waals surface area contributed by atoms with Crippen LogP contribution in [-0.2, 0) is 17.9 Å². The SMILES string of the molecule is Cc1cc(CNC(=O)Cn2cnc3ccccc32)nc(N(C)C)n1. The number of rotatable bonds is 5. The summed E-state index contributed by atoms with van der Waals surface area (Å²) in [5.41, 5.74) is 3.49. The topological polar surface area (TPSA) is 75.9 Å². The summed E-state index contributed by atoms with van der Waals surface area (Å²) in [6, 6.07) is 9.62. The lowest BCUT2D eigenvalue weighted by Crippen LogP contribution is -2.27. The number of imidazole rings is 1. The molecule has 24 heavy (non-hydrogen) atoms. The first-order valence-electron chi connectivity index (χ1n) is 7.71. The van der Waals surface area contributed by atoms with E-state index < -0.39 is 0 Å². The van der Waals surface area contributed by atoms with Crippen molar-refractivity contribution < 1.29 is 4.79 Å². The number of nitrogens with one attached hydrogen (secondary N) is 1. The minimum atomic E-state index is -0.0826. The van der Waals surface area contributed by atoms with Crippen molar-refractivity contribution in [1.82, 2.24) is 24.8 Å². The van der Waals surface area contributed by atoms with Crippen molar-refractivity contribution in [3.05, 3.63) is 48.0 Å². The van der Waals surface area contributed by atoms with E-state index in [1.165, 1.54) is 0 Å². The fourth-order valence-corrected chi connectivity index (χ4v) is 2.44. The monoisotopic (exact) mass is 324 g/mol. The molecule has 2 heterocycles. The van der Waals surface area contributed by atoms with Crippen LogP contribution in [0.4, 0.5) is 5.95 Å². The molecule has 0 unspecified atom stereocenters. The van der Waals surface area contributed by atoms with Crippen LogP contribution in [-0.4, -0.2) is 39.5 Å². The molecule has 3 aromatic rings. The average molecular weight is 324 g/mol. The van der Waals surface area contributed by atoms with Crippen molar-refractivity contribution >= 4 is 22.9 Å². The Morgan fingerprint density at radius 1 is 1.25 bits per heavy atom. The number of hydrogen-bond acceptors (Lipinski definition) is 5. The van der Waals surface area contributed by atoms with Crippen molar-refractivity contribution in [1.29, 1.82) is 0 Å². The molecule has 0 aliphatic heterocycles. The minimum absolute atomic E-state index is 0.0826. The fourth-order valence-electron chi connectivity index (χ4n) is 2.44. The lowest BCUT2D eigenvalue weighted by molar-refractivity contribution is -0.121. The summed E-state index contributed by atoms with van der Waals surface area (Å²) in [5.74, 6) is 0.556. The highest BCUT2D eigenvalue weighted by atomic mass is 16.1. The van der Waals surface area contributed by atoms with Gasteiger partial charge >= 0.3 is 0 Å². The van der Waals surface area contributed by atoms with Crippen molar-refractivity contribution in [2.24, 2.45) is 0 Å². The van der Waals surface area contributed by atoms with Gasteiger partial charge in [-0.15, -0.1) is 0 Å². The van der Waals surface area contributed by atoms with E-state index in [0.717, 1.165) is 22.4 Å². The zero-order chi connectivity index (χ0) is 17.1. The molecule has 0 fully saturated rings. The predicted octanol–water partition coefficient (Wildman–Crippen LogP) is 1.52. The van der Waals surface area contributed by atoms with Gasteiger partial charge in [-0.25, -0.2) is 15.0 Å². The first kappa shape index (κ1) is 15.9. The number of hydrogen-bond donors (Lipinski definition) is 1. The van der Waals surface area contributed by atoms with E-state index >= 15 is 0 Å². The van der Waals surface area contributed by atoms with Crippen LogP contribution in [0.5, 0.6) is 0 Å². The molecule has 3 rings (SSSR count). The number of aromatic nitrogens is 4. The molecular weight excluding hydrogens is 304 g/mol. The zero-order valence-corrected chi connectivity index (χ0v) is 14.0. The van der Waals surface area contributed by atoms with Gasteiger partial charge in [-0.3, -0.25) is 4.79 Å². The number of anilines is 1. The van der Waals surface area contributed by atoms with Gasteiger partial charge in [0.25, 0.3) is 0 Å². The molecule has 124 valence electrons. The number of carbonyl (C=O) groups excluding carboxylic acids is 1. The molecule has 0 bridgehead atoms. The third-order valence-corrected chi connectivity index (χ3v) is 3.60. The van der Waals surface area contributed by atoms with Crippen LogP contribution in [0.3, 0.4) is 0 Å². The predicted molar refractivity (Wildman–Crippen MR) is 92.7 cm³/mol. The smallest absolute Gasteiger partial charge is 0.240 e. The molecule has 0 saturated carbocycles. The molecule has 0 spiro atoms. The molecule has 0 aliphatic carbocycles. The Bertz CT molecular complexity index is 870. The van der Waals surface area contributed by atoms with Crippen molar-refractivity contribution in [2.45, 2.75) is 20.0 Å². The maximum absolute atomic E-state index is 12.2. The van der Waals surface area contributed by atoms with E-state index in [4.69, 9.17) is 0 Å². The molecule has 0 atom stereocenters. The number of fused-ring (bicyclic) bond motifs is 1. The van der Waals surface area contributed by atoms with E-state index in [1.807, 2.05) is 60.8 Å². The van der Waals surface area contributed by atoms with E-state index in [0.29, 0.717) is 12.5 Å². The molecule has 0 radical (unpaired) electrons. The zero-order valence-electron chi connectivity index (χ0n) is 14.0. The average Bonchev–Trinajstić information content (AvgIpc) is 2.96. The van der Waals surface area contributed by atoms with Crippen LogP contribution in [0, 0.1) is 6.92 Å². The lowest BCUT2D eigenvalue weighted by Gasteiger charge is -2.13. The largest absolute Gasteiger partial charge is 0.349 e. The van der Waals surface area contributed by atoms with E-state index in [9.17, 15) is 4.79 Å². The van der Waals surface area contributed by atoms with Crippen molar-refractivity contribution in [3.63, 3.8) is 0 Å². The highest BCUT2D eigenvalue weighted by Crippen LogP contribution is 2.11. The summed E-state index contributed by atoms with van der Waals surface area (Å²) in [6.45, 7) is 2.51. The number of carbonyl (C=O) groups is 1. The van der Waals surface area contributed by atoms with Gasteiger partial charge in [0.15, 0.2) is 0 Å². The Morgan fingerprint density at radius 3 is 2.83 bits per heavy atom.